The fourth-order valence-electron chi connectivity index (χ4n) is 3.54. The van der Waals surface area contributed by atoms with E-state index in [0.717, 1.165) is 11.3 Å². The third kappa shape index (κ3) is 4.75. The van der Waals surface area contributed by atoms with Gasteiger partial charge in [0.15, 0.2) is 5.16 Å². The van der Waals surface area contributed by atoms with Crippen LogP contribution in [0.25, 0.3) is 10.9 Å². The second-order valence-corrected chi connectivity index (χ2v) is 8.66. The second kappa shape index (κ2) is 9.53. The summed E-state index contributed by atoms with van der Waals surface area (Å²) in [5, 5.41) is 0.731. The molecule has 1 amide bonds. The number of para-hydroxylation sites is 1. The number of rotatable bonds is 6. The molecule has 0 saturated carbocycles. The summed E-state index contributed by atoms with van der Waals surface area (Å²) in [7, 11) is 1.62. The van der Waals surface area contributed by atoms with Crippen LogP contribution in [0, 0.1) is 0 Å². The first-order valence-electron chi connectivity index (χ1n) is 10.2. The normalized spacial score (nSPS) is 15.1. The van der Waals surface area contributed by atoms with E-state index in [-0.39, 0.29) is 16.7 Å². The predicted octanol–water partition coefficient (Wildman–Crippen LogP) is 2.79. The van der Waals surface area contributed by atoms with Crippen molar-refractivity contribution in [3.63, 3.8) is 0 Å². The van der Waals surface area contributed by atoms with Gasteiger partial charge in [-0.05, 0) is 36.8 Å². The summed E-state index contributed by atoms with van der Waals surface area (Å²) >= 11 is 1.32. The van der Waals surface area contributed by atoms with Crippen LogP contribution in [0.3, 0.4) is 0 Å². The van der Waals surface area contributed by atoms with Gasteiger partial charge in [0.05, 0.1) is 43.0 Å². The molecule has 4 rings (SSSR count). The molecule has 1 fully saturated rings. The molecule has 0 spiro atoms. The standard InChI is InChI=1S/C23H25N3O4S/c1-16(21(27)25-11-13-30-14-12-25)31-23-24-20-6-4-3-5-19(20)22(28)26(23)15-17-7-9-18(29-2)10-8-17/h3-10,16H,11-15H2,1-2H3. The third-order valence-electron chi connectivity index (χ3n) is 5.28. The number of fused-ring (bicyclic) bond motifs is 1. The van der Waals surface area contributed by atoms with Gasteiger partial charge >= 0.3 is 0 Å². The van der Waals surface area contributed by atoms with E-state index in [9.17, 15) is 9.59 Å². The Kier molecular flexibility index (Phi) is 6.58. The number of hydrogen-bond donors (Lipinski definition) is 0. The quantitative estimate of drug-likeness (QED) is 0.434. The first-order chi connectivity index (χ1) is 15.1. The van der Waals surface area contributed by atoms with E-state index in [4.69, 9.17) is 14.5 Å². The first kappa shape index (κ1) is 21.4. The topological polar surface area (TPSA) is 73.7 Å². The van der Waals surface area contributed by atoms with E-state index in [0.29, 0.717) is 48.9 Å². The Balaban J connectivity index is 1.67. The Bertz CT molecular complexity index is 1120. The van der Waals surface area contributed by atoms with Crippen LogP contribution in [-0.4, -0.2) is 59.0 Å². The number of carbonyl (C=O) groups excluding carboxylic acids is 1. The summed E-state index contributed by atoms with van der Waals surface area (Å²) in [6, 6.07) is 14.9. The zero-order chi connectivity index (χ0) is 21.8. The predicted molar refractivity (Wildman–Crippen MR) is 121 cm³/mol. The van der Waals surface area contributed by atoms with Crippen molar-refractivity contribution in [3.8, 4) is 5.75 Å². The van der Waals surface area contributed by atoms with Crippen LogP contribution in [0.15, 0.2) is 58.5 Å². The number of thioether (sulfide) groups is 1. The molecule has 1 aliphatic rings. The number of morpholine rings is 1. The number of nitrogens with zero attached hydrogens (tertiary/aromatic N) is 3. The van der Waals surface area contributed by atoms with E-state index in [1.165, 1.54) is 11.8 Å². The minimum Gasteiger partial charge on any atom is -0.497 e. The fraction of sp³-hybridized carbons (Fsp3) is 0.348. The van der Waals surface area contributed by atoms with E-state index >= 15 is 0 Å². The summed E-state index contributed by atoms with van der Waals surface area (Å²) in [5.41, 5.74) is 1.47. The van der Waals surface area contributed by atoms with Crippen LogP contribution in [-0.2, 0) is 16.1 Å². The van der Waals surface area contributed by atoms with Gasteiger partial charge in [-0.15, -0.1) is 0 Å². The van der Waals surface area contributed by atoms with Gasteiger partial charge in [0.25, 0.3) is 5.56 Å². The van der Waals surface area contributed by atoms with Gasteiger partial charge in [-0.1, -0.05) is 36.0 Å². The molecule has 2 aromatic carbocycles. The minimum absolute atomic E-state index is 0.0340. The molecule has 3 aromatic rings. The summed E-state index contributed by atoms with van der Waals surface area (Å²) < 4.78 is 12.2. The molecule has 1 aliphatic heterocycles. The average molecular weight is 440 g/mol. The molecule has 0 aliphatic carbocycles. The number of methoxy groups -OCH3 is 1. The Morgan fingerprint density at radius 3 is 2.58 bits per heavy atom. The maximum atomic E-state index is 13.3. The highest BCUT2D eigenvalue weighted by Crippen LogP contribution is 2.25. The van der Waals surface area contributed by atoms with Crippen molar-refractivity contribution < 1.29 is 14.3 Å². The lowest BCUT2D eigenvalue weighted by Crippen LogP contribution is -2.44. The van der Waals surface area contributed by atoms with Gasteiger partial charge in [-0.3, -0.25) is 14.2 Å². The second-order valence-electron chi connectivity index (χ2n) is 7.35. The zero-order valence-electron chi connectivity index (χ0n) is 17.6. The van der Waals surface area contributed by atoms with E-state index < -0.39 is 0 Å². The first-order valence-corrected chi connectivity index (χ1v) is 11.1. The molecule has 0 radical (unpaired) electrons. The molecule has 1 atom stereocenters. The Morgan fingerprint density at radius 1 is 1.16 bits per heavy atom. The van der Waals surface area contributed by atoms with Crippen LogP contribution in [0.5, 0.6) is 5.75 Å². The highest BCUT2D eigenvalue weighted by molar-refractivity contribution is 8.00. The summed E-state index contributed by atoms with van der Waals surface area (Å²) in [5.74, 6) is 0.791. The monoisotopic (exact) mass is 439 g/mol. The van der Waals surface area contributed by atoms with Gasteiger partial charge in [0.2, 0.25) is 5.91 Å². The highest BCUT2D eigenvalue weighted by Gasteiger charge is 2.25. The van der Waals surface area contributed by atoms with Crippen molar-refractivity contribution in [2.24, 2.45) is 0 Å². The lowest BCUT2D eigenvalue weighted by molar-refractivity contribution is -0.134. The number of hydrogen-bond acceptors (Lipinski definition) is 6. The average Bonchev–Trinajstić information content (AvgIpc) is 2.82. The lowest BCUT2D eigenvalue weighted by Gasteiger charge is -2.29. The van der Waals surface area contributed by atoms with Crippen LogP contribution in [0.4, 0.5) is 0 Å². The van der Waals surface area contributed by atoms with Gasteiger partial charge in [0.1, 0.15) is 5.75 Å². The van der Waals surface area contributed by atoms with Crippen molar-refractivity contribution in [1.82, 2.24) is 14.5 Å². The molecular formula is C23H25N3O4S. The molecule has 8 heteroatoms. The minimum atomic E-state index is -0.367. The maximum absolute atomic E-state index is 13.3. The van der Waals surface area contributed by atoms with E-state index in [1.807, 2.05) is 54.3 Å². The molecule has 1 saturated heterocycles. The van der Waals surface area contributed by atoms with E-state index in [1.54, 1.807) is 17.7 Å². The van der Waals surface area contributed by atoms with Crippen LogP contribution in [0.2, 0.25) is 0 Å². The van der Waals surface area contributed by atoms with Crippen LogP contribution in [0.1, 0.15) is 12.5 Å². The lowest BCUT2D eigenvalue weighted by atomic mass is 10.2. The largest absolute Gasteiger partial charge is 0.497 e. The van der Waals surface area contributed by atoms with Crippen molar-refractivity contribution in [2.45, 2.75) is 23.9 Å². The number of amides is 1. The summed E-state index contributed by atoms with van der Waals surface area (Å²) in [6.45, 7) is 4.52. The number of ether oxygens (including phenoxy) is 2. The van der Waals surface area contributed by atoms with E-state index in [2.05, 4.69) is 0 Å². The zero-order valence-corrected chi connectivity index (χ0v) is 18.4. The van der Waals surface area contributed by atoms with Crippen molar-refractivity contribution in [1.29, 1.82) is 0 Å². The van der Waals surface area contributed by atoms with Crippen LogP contribution >= 0.6 is 11.8 Å². The number of carbonyl (C=O) groups is 1. The third-order valence-corrected chi connectivity index (χ3v) is 6.36. The van der Waals surface area contributed by atoms with Crippen LogP contribution < -0.4 is 10.3 Å². The van der Waals surface area contributed by atoms with Crippen molar-refractivity contribution >= 4 is 28.6 Å². The maximum Gasteiger partial charge on any atom is 0.262 e. The smallest absolute Gasteiger partial charge is 0.262 e. The number of aromatic nitrogens is 2. The Morgan fingerprint density at radius 2 is 1.87 bits per heavy atom. The van der Waals surface area contributed by atoms with Crippen molar-refractivity contribution in [2.75, 3.05) is 33.4 Å². The Hall–Kier alpha value is -2.84. The molecular weight excluding hydrogens is 414 g/mol. The SMILES string of the molecule is COc1ccc(Cn2c(SC(C)C(=O)N3CCOCC3)nc3ccccc3c2=O)cc1. The molecule has 162 valence electrons. The molecule has 31 heavy (non-hydrogen) atoms. The number of benzene rings is 2. The van der Waals surface area contributed by atoms with Crippen molar-refractivity contribution in [3.05, 3.63) is 64.4 Å². The molecule has 1 aromatic heterocycles. The molecule has 0 N–H and O–H groups in total. The Labute approximate surface area is 185 Å². The molecule has 2 heterocycles. The molecule has 0 bridgehead atoms. The van der Waals surface area contributed by atoms with Gasteiger partial charge in [0, 0.05) is 13.1 Å². The van der Waals surface area contributed by atoms with Gasteiger partial charge in [-0.25, -0.2) is 4.98 Å². The van der Waals surface area contributed by atoms with Gasteiger partial charge in [-0.2, -0.15) is 0 Å². The highest BCUT2D eigenvalue weighted by atomic mass is 32.2. The van der Waals surface area contributed by atoms with Gasteiger partial charge < -0.3 is 14.4 Å². The summed E-state index contributed by atoms with van der Waals surface area (Å²) in [4.78, 5) is 32.8. The molecule has 7 nitrogen and oxygen atoms in total. The molecule has 1 unspecified atom stereocenters. The fourth-order valence-corrected chi connectivity index (χ4v) is 4.53. The summed E-state index contributed by atoms with van der Waals surface area (Å²) in [6.07, 6.45) is 0.